The van der Waals surface area contributed by atoms with Crippen LogP contribution in [0.4, 0.5) is 17.3 Å². The number of rotatable bonds is 5. The predicted molar refractivity (Wildman–Crippen MR) is 78.9 cm³/mol. The van der Waals surface area contributed by atoms with E-state index in [0.717, 1.165) is 32.4 Å². The summed E-state index contributed by atoms with van der Waals surface area (Å²) in [5.41, 5.74) is 0. The zero-order chi connectivity index (χ0) is 19.5. The molecule has 0 amide bonds. The van der Waals surface area contributed by atoms with Crippen LogP contribution < -0.4 is 0 Å². The van der Waals surface area contributed by atoms with Crippen LogP contribution in [-0.4, -0.2) is 84.5 Å². The minimum Gasteiger partial charge on any atom is -0.398 e. The SMILES string of the molecule is CCCOB(O)F.OB(F)ON1CCCC1.OB(O)F.OB(O)F. The van der Waals surface area contributed by atoms with E-state index < -0.39 is 29.6 Å². The minimum absolute atomic E-state index is 0.275. The van der Waals surface area contributed by atoms with E-state index in [4.69, 9.17) is 30.1 Å². The molecule has 0 bridgehead atoms. The van der Waals surface area contributed by atoms with Crippen molar-refractivity contribution in [3.8, 4) is 0 Å². The van der Waals surface area contributed by atoms with E-state index in [9.17, 15) is 17.3 Å². The molecule has 0 atom stereocenters. The average molecular weight is 366 g/mol. The number of hydrogen-bond acceptors (Lipinski definition) is 9. The lowest BCUT2D eigenvalue weighted by Crippen LogP contribution is -2.27. The third-order valence-electron chi connectivity index (χ3n) is 1.76. The van der Waals surface area contributed by atoms with Crippen LogP contribution in [0.15, 0.2) is 0 Å². The van der Waals surface area contributed by atoms with Crippen molar-refractivity contribution >= 4 is 29.6 Å². The fraction of sp³-hybridized carbons (Fsp3) is 1.00. The summed E-state index contributed by atoms with van der Waals surface area (Å²) in [6, 6.07) is 0. The van der Waals surface area contributed by atoms with Crippen molar-refractivity contribution in [2.75, 3.05) is 19.7 Å². The molecule has 0 radical (unpaired) electrons. The molecular weight excluding hydrogens is 345 g/mol. The van der Waals surface area contributed by atoms with E-state index in [2.05, 4.69) is 9.41 Å². The van der Waals surface area contributed by atoms with E-state index in [1.165, 1.54) is 5.06 Å². The second-order valence-electron chi connectivity index (χ2n) is 3.82. The van der Waals surface area contributed by atoms with Crippen LogP contribution in [0.1, 0.15) is 26.2 Å². The first kappa shape index (κ1) is 28.4. The number of hydroxylamine groups is 2. The first-order valence-corrected chi connectivity index (χ1v) is 6.70. The predicted octanol–water partition coefficient (Wildman–Crippen LogP) is -1.83. The van der Waals surface area contributed by atoms with Crippen molar-refractivity contribution in [1.82, 2.24) is 5.06 Å². The molecular formula is C7H21B4F4NO8. The van der Waals surface area contributed by atoms with Gasteiger partial charge in [-0.25, -0.2) is 5.06 Å². The van der Waals surface area contributed by atoms with Gasteiger partial charge in [0.25, 0.3) is 0 Å². The van der Waals surface area contributed by atoms with Crippen LogP contribution >= 0.6 is 0 Å². The van der Waals surface area contributed by atoms with Gasteiger partial charge in [-0.05, 0) is 19.3 Å². The molecule has 0 aromatic carbocycles. The summed E-state index contributed by atoms with van der Waals surface area (Å²) in [6.07, 6.45) is 2.76. The highest BCUT2D eigenvalue weighted by Gasteiger charge is 2.20. The molecule has 1 heterocycles. The third kappa shape index (κ3) is 43.0. The van der Waals surface area contributed by atoms with Gasteiger partial charge in [0.2, 0.25) is 0 Å². The standard InChI is InChI=1S/C4H9BFNO2.C3H8BFO2.2BFH2O2/c6-5(8)9-7-3-1-2-4-7;1-2-3-7-4(5)6;2*2-1(3)4/h8H,1-4H2;6H,2-3H2,1H3;2*3-4H. The first-order valence-electron chi connectivity index (χ1n) is 6.70. The molecule has 0 aromatic rings. The molecule has 24 heavy (non-hydrogen) atoms. The van der Waals surface area contributed by atoms with Crippen molar-refractivity contribution in [2.45, 2.75) is 26.2 Å². The Morgan fingerprint density at radius 3 is 1.42 bits per heavy atom. The molecule has 142 valence electrons. The summed E-state index contributed by atoms with van der Waals surface area (Å²) in [5, 5.41) is 45.1. The Hall–Kier alpha value is -0.380. The lowest BCUT2D eigenvalue weighted by atomic mass is 10.3. The van der Waals surface area contributed by atoms with Crippen molar-refractivity contribution in [3.63, 3.8) is 0 Å². The summed E-state index contributed by atoms with van der Waals surface area (Å²) in [4.78, 5) is 0. The van der Waals surface area contributed by atoms with Crippen LogP contribution in [0.25, 0.3) is 0 Å². The van der Waals surface area contributed by atoms with Gasteiger partial charge < -0.3 is 34.8 Å². The Balaban J connectivity index is -0.000000263. The Bertz CT molecular complexity index is 233. The monoisotopic (exact) mass is 367 g/mol. The summed E-state index contributed by atoms with van der Waals surface area (Å²) >= 11 is 0. The third-order valence-corrected chi connectivity index (χ3v) is 1.76. The molecule has 6 N–H and O–H groups in total. The van der Waals surface area contributed by atoms with Gasteiger partial charge in [-0.1, -0.05) is 6.92 Å². The van der Waals surface area contributed by atoms with Crippen molar-refractivity contribution in [2.24, 2.45) is 0 Å². The lowest BCUT2D eigenvalue weighted by molar-refractivity contribution is -0.0668. The second kappa shape index (κ2) is 20.7. The topological polar surface area (TPSA) is 143 Å². The van der Waals surface area contributed by atoms with Crippen LogP contribution in [0.3, 0.4) is 0 Å². The van der Waals surface area contributed by atoms with Gasteiger partial charge in [0.05, 0.1) is 0 Å². The fourth-order valence-corrected chi connectivity index (χ4v) is 1.13. The van der Waals surface area contributed by atoms with Crippen molar-refractivity contribution in [1.29, 1.82) is 0 Å². The fourth-order valence-electron chi connectivity index (χ4n) is 1.13. The summed E-state index contributed by atoms with van der Waals surface area (Å²) < 4.78 is 51.5. The van der Waals surface area contributed by atoms with Crippen molar-refractivity contribution < 1.29 is 56.8 Å². The highest BCUT2D eigenvalue weighted by molar-refractivity contribution is 6.33. The van der Waals surface area contributed by atoms with Crippen LogP contribution in [0.5, 0.6) is 0 Å². The zero-order valence-corrected chi connectivity index (χ0v) is 13.0. The maximum absolute atomic E-state index is 11.6. The molecule has 9 nitrogen and oxygen atoms in total. The Kier molecular flexibility index (Phi) is 24.5. The highest BCUT2D eigenvalue weighted by atomic mass is 19.1. The number of hydrogen-bond donors (Lipinski definition) is 6. The van der Waals surface area contributed by atoms with Gasteiger partial charge in [-0.2, -0.15) is 0 Å². The molecule has 0 spiro atoms. The van der Waals surface area contributed by atoms with Gasteiger partial charge in [0, 0.05) is 19.7 Å². The van der Waals surface area contributed by atoms with Crippen LogP contribution in [-0.2, 0) is 9.41 Å². The quantitative estimate of drug-likeness (QED) is 0.245. The largest absolute Gasteiger partial charge is 0.695 e. The molecule has 0 aliphatic carbocycles. The molecule has 0 unspecified atom stereocenters. The normalized spacial score (nSPS) is 12.6. The van der Waals surface area contributed by atoms with E-state index in [1.54, 1.807) is 0 Å². The van der Waals surface area contributed by atoms with Gasteiger partial charge in [-0.3, -0.25) is 22.0 Å². The Morgan fingerprint density at radius 2 is 1.21 bits per heavy atom. The maximum atomic E-state index is 11.6. The lowest BCUT2D eigenvalue weighted by Gasteiger charge is -2.12. The van der Waals surface area contributed by atoms with Crippen LogP contribution in [0, 0.1) is 0 Å². The van der Waals surface area contributed by atoms with E-state index in [0.29, 0.717) is 0 Å². The number of halogens is 4. The molecule has 0 aromatic heterocycles. The molecule has 1 aliphatic rings. The molecule has 17 heteroatoms. The maximum Gasteiger partial charge on any atom is 0.695 e. The second-order valence-corrected chi connectivity index (χ2v) is 3.82. The van der Waals surface area contributed by atoms with Crippen molar-refractivity contribution in [3.05, 3.63) is 0 Å². The average Bonchev–Trinajstić information content (AvgIpc) is 2.87. The van der Waals surface area contributed by atoms with Gasteiger partial charge in [-0.15, -0.1) is 0 Å². The smallest absolute Gasteiger partial charge is 0.398 e. The van der Waals surface area contributed by atoms with Gasteiger partial charge >= 0.3 is 29.6 Å². The van der Waals surface area contributed by atoms with E-state index in [1.807, 2.05) is 6.92 Å². The van der Waals surface area contributed by atoms with E-state index >= 15 is 0 Å². The Morgan fingerprint density at radius 1 is 0.833 bits per heavy atom. The molecule has 1 rings (SSSR count). The van der Waals surface area contributed by atoms with Gasteiger partial charge in [0.15, 0.2) is 0 Å². The Labute approximate surface area is 138 Å². The zero-order valence-electron chi connectivity index (χ0n) is 13.0. The summed E-state index contributed by atoms with van der Waals surface area (Å²) in [6.45, 7) is 3.56. The molecule has 0 saturated carbocycles. The summed E-state index contributed by atoms with van der Waals surface area (Å²) in [7, 11) is -9.58. The van der Waals surface area contributed by atoms with Crippen LogP contribution in [0.2, 0.25) is 0 Å². The molecule has 1 fully saturated rings. The van der Waals surface area contributed by atoms with Gasteiger partial charge in [0.1, 0.15) is 0 Å². The van der Waals surface area contributed by atoms with E-state index in [-0.39, 0.29) is 6.61 Å². The molecule has 1 aliphatic heterocycles. The summed E-state index contributed by atoms with van der Waals surface area (Å²) in [5.74, 6) is 0. The minimum atomic E-state index is -2.67. The highest BCUT2D eigenvalue weighted by Crippen LogP contribution is 2.07. The molecule has 1 saturated heterocycles. The number of nitrogens with zero attached hydrogens (tertiary/aromatic N) is 1. The first-order chi connectivity index (χ1) is 11.0.